The van der Waals surface area contributed by atoms with E-state index in [9.17, 15) is 0 Å². The molecule has 0 radical (unpaired) electrons. The minimum Gasteiger partial charge on any atom is -0.493 e. The molecule has 0 spiro atoms. The number of hydrogen-bond acceptors (Lipinski definition) is 3. The molecular weight excluding hydrogens is 258 g/mol. The Bertz CT molecular complexity index is 364. The van der Waals surface area contributed by atoms with E-state index in [4.69, 9.17) is 15.2 Å². The average Bonchev–Trinajstić information content (AvgIpc) is 2.27. The number of halogens is 1. The van der Waals surface area contributed by atoms with Crippen LogP contribution < -0.4 is 15.2 Å². The normalized spacial score (nSPS) is 10.7. The van der Waals surface area contributed by atoms with Crippen LogP contribution in [0.4, 0.5) is 0 Å². The van der Waals surface area contributed by atoms with Gasteiger partial charge in [-0.3, -0.25) is 0 Å². The minimum atomic E-state index is 0.515. The highest BCUT2D eigenvalue weighted by Crippen LogP contribution is 2.33. The Morgan fingerprint density at radius 3 is 2.40 bits per heavy atom. The molecule has 2 N–H and O–H groups in total. The molecule has 4 heteroatoms. The number of methoxy groups -OCH3 is 2. The average molecular weight is 272 g/mol. The van der Waals surface area contributed by atoms with Crippen LogP contribution in [0.3, 0.4) is 0 Å². The Hall–Kier alpha value is -1.00. The zero-order valence-electron chi connectivity index (χ0n) is 8.79. The van der Waals surface area contributed by atoms with Crippen LogP contribution in [0.1, 0.15) is 5.56 Å². The van der Waals surface area contributed by atoms with Crippen molar-refractivity contribution in [3.8, 4) is 11.5 Å². The first-order chi connectivity index (χ1) is 7.22. The van der Waals surface area contributed by atoms with Crippen LogP contribution >= 0.6 is 15.9 Å². The van der Waals surface area contributed by atoms with Crippen LogP contribution in [0.5, 0.6) is 11.5 Å². The lowest BCUT2D eigenvalue weighted by Gasteiger charge is -2.09. The van der Waals surface area contributed by atoms with Gasteiger partial charge in [0.1, 0.15) is 0 Å². The highest BCUT2D eigenvalue weighted by Gasteiger charge is 2.07. The van der Waals surface area contributed by atoms with E-state index in [0.29, 0.717) is 18.0 Å². The van der Waals surface area contributed by atoms with E-state index in [0.717, 1.165) is 10.0 Å². The van der Waals surface area contributed by atoms with Gasteiger partial charge in [-0.05, 0) is 17.7 Å². The smallest absolute Gasteiger partial charge is 0.161 e. The molecule has 0 atom stereocenters. The molecule has 0 fully saturated rings. The van der Waals surface area contributed by atoms with Gasteiger partial charge in [-0.1, -0.05) is 28.1 Å². The Balaban J connectivity index is 3.13. The maximum Gasteiger partial charge on any atom is 0.161 e. The van der Waals surface area contributed by atoms with Crippen molar-refractivity contribution in [3.05, 3.63) is 28.2 Å². The molecule has 1 aromatic rings. The van der Waals surface area contributed by atoms with E-state index < -0.39 is 0 Å². The van der Waals surface area contributed by atoms with Crippen molar-refractivity contribution < 1.29 is 9.47 Å². The minimum absolute atomic E-state index is 0.515. The van der Waals surface area contributed by atoms with Gasteiger partial charge in [-0.15, -0.1) is 0 Å². The molecule has 1 aromatic carbocycles. The van der Waals surface area contributed by atoms with E-state index in [2.05, 4.69) is 15.9 Å². The molecule has 0 heterocycles. The van der Waals surface area contributed by atoms with E-state index in [-0.39, 0.29) is 0 Å². The highest BCUT2D eigenvalue weighted by molar-refractivity contribution is 9.10. The second kappa shape index (κ2) is 5.78. The highest BCUT2D eigenvalue weighted by atomic mass is 79.9. The first-order valence-corrected chi connectivity index (χ1v) is 5.30. The summed E-state index contributed by atoms with van der Waals surface area (Å²) in [6.07, 6.45) is 3.82. The third-order valence-corrected chi connectivity index (χ3v) is 2.62. The summed E-state index contributed by atoms with van der Waals surface area (Å²) < 4.78 is 11.3. The van der Waals surface area contributed by atoms with Crippen molar-refractivity contribution in [1.82, 2.24) is 0 Å². The zero-order chi connectivity index (χ0) is 11.3. The van der Waals surface area contributed by atoms with Gasteiger partial charge in [-0.25, -0.2) is 0 Å². The van der Waals surface area contributed by atoms with Crippen LogP contribution in [-0.2, 0) is 0 Å². The van der Waals surface area contributed by atoms with Crippen molar-refractivity contribution >= 4 is 22.0 Å². The number of nitrogens with two attached hydrogens (primary N) is 1. The molecule has 0 saturated heterocycles. The number of hydrogen-bond donors (Lipinski definition) is 1. The fourth-order valence-corrected chi connectivity index (χ4v) is 1.65. The summed E-state index contributed by atoms with van der Waals surface area (Å²) in [5, 5.41) is 0. The first-order valence-electron chi connectivity index (χ1n) is 4.51. The molecule has 0 saturated carbocycles. The van der Waals surface area contributed by atoms with E-state index in [1.807, 2.05) is 24.3 Å². The van der Waals surface area contributed by atoms with E-state index >= 15 is 0 Å². The third-order valence-electron chi connectivity index (χ3n) is 1.94. The van der Waals surface area contributed by atoms with Gasteiger partial charge >= 0.3 is 0 Å². The summed E-state index contributed by atoms with van der Waals surface area (Å²) in [4.78, 5) is 0. The van der Waals surface area contributed by atoms with Crippen molar-refractivity contribution in [2.75, 3.05) is 20.8 Å². The Labute approximate surface area is 98.0 Å². The second-order valence-electron chi connectivity index (χ2n) is 2.87. The molecule has 0 aliphatic heterocycles. The first kappa shape index (κ1) is 12.1. The van der Waals surface area contributed by atoms with Crippen LogP contribution in [0.2, 0.25) is 0 Å². The Morgan fingerprint density at radius 1 is 1.27 bits per heavy atom. The molecule has 82 valence electrons. The third kappa shape index (κ3) is 2.97. The van der Waals surface area contributed by atoms with Gasteiger partial charge in [0.15, 0.2) is 11.5 Å². The van der Waals surface area contributed by atoms with Crippen LogP contribution in [0.25, 0.3) is 6.08 Å². The Morgan fingerprint density at radius 2 is 1.87 bits per heavy atom. The maximum absolute atomic E-state index is 5.40. The predicted molar refractivity (Wildman–Crippen MR) is 65.3 cm³/mol. The molecule has 15 heavy (non-hydrogen) atoms. The molecule has 0 aromatic heterocycles. The SMILES string of the molecule is COc1cc(Br)c(/C=C/CN)cc1OC. The molecule has 0 amide bonds. The van der Waals surface area contributed by atoms with Crippen LogP contribution in [0.15, 0.2) is 22.7 Å². The topological polar surface area (TPSA) is 44.5 Å². The standard InChI is InChI=1S/C11H14BrNO2/c1-14-10-6-8(4-3-5-13)9(12)7-11(10)15-2/h3-4,6-7H,5,13H2,1-2H3/b4-3+. The van der Waals surface area contributed by atoms with Crippen molar-refractivity contribution in [2.45, 2.75) is 0 Å². The maximum atomic E-state index is 5.40. The summed E-state index contributed by atoms with van der Waals surface area (Å²) in [6.45, 7) is 0.515. The fraction of sp³-hybridized carbons (Fsp3) is 0.273. The quantitative estimate of drug-likeness (QED) is 0.915. The van der Waals surface area contributed by atoms with Gasteiger partial charge in [-0.2, -0.15) is 0 Å². The molecule has 0 bridgehead atoms. The lowest BCUT2D eigenvalue weighted by molar-refractivity contribution is 0.354. The summed E-state index contributed by atoms with van der Waals surface area (Å²) in [5.74, 6) is 1.41. The Kier molecular flexibility index (Phi) is 4.65. The lowest BCUT2D eigenvalue weighted by atomic mass is 10.2. The van der Waals surface area contributed by atoms with E-state index in [1.165, 1.54) is 0 Å². The number of benzene rings is 1. The van der Waals surface area contributed by atoms with Crippen LogP contribution in [-0.4, -0.2) is 20.8 Å². The summed E-state index contributed by atoms with van der Waals surface area (Å²) in [6, 6.07) is 3.77. The van der Waals surface area contributed by atoms with Gasteiger partial charge in [0.25, 0.3) is 0 Å². The predicted octanol–water partition coefficient (Wildman–Crippen LogP) is 2.44. The largest absolute Gasteiger partial charge is 0.493 e. The molecule has 1 rings (SSSR count). The van der Waals surface area contributed by atoms with Gasteiger partial charge in [0.05, 0.1) is 14.2 Å². The lowest BCUT2D eigenvalue weighted by Crippen LogP contribution is -1.94. The number of rotatable bonds is 4. The van der Waals surface area contributed by atoms with Gasteiger partial charge < -0.3 is 15.2 Å². The summed E-state index contributed by atoms with van der Waals surface area (Å²) in [5.41, 5.74) is 6.41. The summed E-state index contributed by atoms with van der Waals surface area (Å²) >= 11 is 3.45. The molecule has 3 nitrogen and oxygen atoms in total. The molecule has 0 aliphatic rings. The van der Waals surface area contributed by atoms with Crippen molar-refractivity contribution in [1.29, 1.82) is 0 Å². The van der Waals surface area contributed by atoms with Crippen molar-refractivity contribution in [3.63, 3.8) is 0 Å². The molecular formula is C11H14BrNO2. The fourth-order valence-electron chi connectivity index (χ4n) is 1.19. The summed E-state index contributed by atoms with van der Waals surface area (Å²) in [7, 11) is 3.22. The molecule has 0 unspecified atom stereocenters. The van der Waals surface area contributed by atoms with Crippen molar-refractivity contribution in [2.24, 2.45) is 5.73 Å². The number of ether oxygens (including phenoxy) is 2. The molecule has 0 aliphatic carbocycles. The van der Waals surface area contributed by atoms with Crippen LogP contribution in [0, 0.1) is 0 Å². The monoisotopic (exact) mass is 271 g/mol. The second-order valence-corrected chi connectivity index (χ2v) is 3.72. The van der Waals surface area contributed by atoms with Gasteiger partial charge in [0, 0.05) is 11.0 Å². The van der Waals surface area contributed by atoms with E-state index in [1.54, 1.807) is 14.2 Å². The zero-order valence-corrected chi connectivity index (χ0v) is 10.4. The van der Waals surface area contributed by atoms with Gasteiger partial charge in [0.2, 0.25) is 0 Å².